The highest BCUT2D eigenvalue weighted by molar-refractivity contribution is 9.06. The van der Waals surface area contributed by atoms with Gasteiger partial charge in [0.25, 0.3) is 7.48 Å². The Kier molecular flexibility index (Phi) is 37.4. The fourth-order valence-electron chi connectivity index (χ4n) is 5.23. The highest BCUT2D eigenvalue weighted by Gasteiger charge is 2.10. The quantitative estimate of drug-likeness (QED) is 0.0279. The molecule has 46 heavy (non-hydrogen) atoms. The van der Waals surface area contributed by atoms with Crippen molar-refractivity contribution in [3.8, 4) is 0 Å². The summed E-state index contributed by atoms with van der Waals surface area (Å²) < 4.78 is 21.7. The molecular formula is C38H69BBrO6. The molecule has 6 nitrogen and oxygen atoms in total. The van der Waals surface area contributed by atoms with E-state index in [0.717, 1.165) is 103 Å². The Hall–Kier alpha value is -1.12. The number of ether oxygens (including phenoxy) is 2. The SMILES string of the molecule is CCCCCC/C=C/COC(=O)CCCCCCCC(CCCCCCCC(=O)OC/C=C/CCCCCC)O[B]CCCOBr. The van der Waals surface area contributed by atoms with E-state index in [9.17, 15) is 9.59 Å². The summed E-state index contributed by atoms with van der Waals surface area (Å²) in [4.78, 5) is 23.9. The van der Waals surface area contributed by atoms with Crippen molar-refractivity contribution in [2.75, 3.05) is 19.8 Å². The van der Waals surface area contributed by atoms with E-state index in [1.54, 1.807) is 0 Å². The number of unbranched alkanes of at least 4 members (excludes halogenated alkanes) is 16. The van der Waals surface area contributed by atoms with Gasteiger partial charge in [-0.15, -0.1) is 0 Å². The molecule has 0 bridgehead atoms. The highest BCUT2D eigenvalue weighted by Crippen LogP contribution is 2.17. The normalized spacial score (nSPS) is 11.7. The minimum atomic E-state index is -0.0823. The van der Waals surface area contributed by atoms with E-state index in [1.165, 1.54) is 51.4 Å². The van der Waals surface area contributed by atoms with Gasteiger partial charge in [-0.2, -0.15) is 0 Å². The average molecular weight is 713 g/mol. The van der Waals surface area contributed by atoms with Gasteiger partial charge in [0.05, 0.1) is 22.9 Å². The first kappa shape index (κ1) is 44.9. The first-order chi connectivity index (χ1) is 22.6. The summed E-state index contributed by atoms with van der Waals surface area (Å²) in [6.45, 7) is 5.92. The third kappa shape index (κ3) is 35.7. The predicted octanol–water partition coefficient (Wildman–Crippen LogP) is 11.7. The first-order valence-corrected chi connectivity index (χ1v) is 19.6. The van der Waals surface area contributed by atoms with Crippen LogP contribution in [0.2, 0.25) is 6.32 Å². The third-order valence-electron chi connectivity index (χ3n) is 8.11. The maximum Gasteiger partial charge on any atom is 0.306 e. The average Bonchev–Trinajstić information content (AvgIpc) is 3.05. The van der Waals surface area contributed by atoms with Crippen LogP contribution in [0.25, 0.3) is 0 Å². The lowest BCUT2D eigenvalue weighted by molar-refractivity contribution is -0.143. The van der Waals surface area contributed by atoms with Crippen LogP contribution in [-0.2, 0) is 27.5 Å². The molecule has 0 N–H and O–H groups in total. The molecule has 8 heteroatoms. The van der Waals surface area contributed by atoms with Crippen LogP contribution in [0.3, 0.4) is 0 Å². The van der Waals surface area contributed by atoms with Gasteiger partial charge in [-0.05, 0) is 64.1 Å². The molecule has 0 aromatic carbocycles. The van der Waals surface area contributed by atoms with Gasteiger partial charge in [-0.25, -0.2) is 0 Å². The van der Waals surface area contributed by atoms with Gasteiger partial charge in [0.15, 0.2) is 0 Å². The van der Waals surface area contributed by atoms with Crippen molar-refractivity contribution in [3.05, 3.63) is 24.3 Å². The van der Waals surface area contributed by atoms with Crippen LogP contribution < -0.4 is 0 Å². The maximum atomic E-state index is 12.0. The zero-order chi connectivity index (χ0) is 33.6. The molecule has 0 unspecified atom stereocenters. The van der Waals surface area contributed by atoms with Gasteiger partial charge >= 0.3 is 11.9 Å². The maximum absolute atomic E-state index is 12.0. The van der Waals surface area contributed by atoms with Crippen LogP contribution in [0.1, 0.15) is 174 Å². The summed E-state index contributed by atoms with van der Waals surface area (Å²) in [5.74, 6) is -0.165. The molecule has 0 saturated carbocycles. The van der Waals surface area contributed by atoms with Crippen LogP contribution in [0.5, 0.6) is 0 Å². The lowest BCUT2D eigenvalue weighted by Crippen LogP contribution is -2.16. The number of carbonyl (C=O) groups excluding carboxylic acids is 2. The van der Waals surface area contributed by atoms with Crippen LogP contribution in [-0.4, -0.2) is 45.3 Å². The Morgan fingerprint density at radius 1 is 0.587 bits per heavy atom. The highest BCUT2D eigenvalue weighted by atomic mass is 79.9. The van der Waals surface area contributed by atoms with Crippen LogP contribution in [0, 0.1) is 0 Å². The van der Waals surface area contributed by atoms with Crippen molar-refractivity contribution in [1.82, 2.24) is 0 Å². The Balaban J connectivity index is 3.92. The Morgan fingerprint density at radius 2 is 1.04 bits per heavy atom. The minimum Gasteiger partial charge on any atom is -0.461 e. The summed E-state index contributed by atoms with van der Waals surface area (Å²) in [6, 6.07) is 0. The molecule has 1 radical (unpaired) electrons. The van der Waals surface area contributed by atoms with E-state index >= 15 is 0 Å². The molecule has 0 aromatic heterocycles. The summed E-state index contributed by atoms with van der Waals surface area (Å²) in [5.41, 5.74) is 0. The zero-order valence-corrected chi connectivity index (χ0v) is 31.4. The molecular weight excluding hydrogens is 643 g/mol. The number of hydrogen-bond acceptors (Lipinski definition) is 6. The van der Waals surface area contributed by atoms with Gasteiger partial charge in [-0.3, -0.25) is 9.59 Å². The van der Waals surface area contributed by atoms with Gasteiger partial charge in [0, 0.05) is 18.9 Å². The molecule has 267 valence electrons. The van der Waals surface area contributed by atoms with E-state index < -0.39 is 0 Å². The van der Waals surface area contributed by atoms with E-state index in [4.69, 9.17) is 18.0 Å². The topological polar surface area (TPSA) is 71.1 Å². The molecule has 0 rings (SSSR count). The van der Waals surface area contributed by atoms with Crippen molar-refractivity contribution in [1.29, 1.82) is 0 Å². The lowest BCUT2D eigenvalue weighted by atomic mass is 9.91. The third-order valence-corrected chi connectivity index (χ3v) is 8.43. The van der Waals surface area contributed by atoms with Crippen molar-refractivity contribution in [2.24, 2.45) is 0 Å². The Morgan fingerprint density at radius 3 is 1.52 bits per heavy atom. The van der Waals surface area contributed by atoms with Crippen molar-refractivity contribution >= 4 is 35.7 Å². The number of hydrogen-bond donors (Lipinski definition) is 0. The van der Waals surface area contributed by atoms with Gasteiger partial charge < -0.3 is 18.0 Å². The molecule has 0 atom stereocenters. The number of allylic oxidation sites excluding steroid dienone is 2. The van der Waals surface area contributed by atoms with E-state index in [-0.39, 0.29) is 18.0 Å². The molecule has 0 aromatic rings. The van der Waals surface area contributed by atoms with E-state index in [1.807, 2.05) is 19.6 Å². The summed E-state index contributed by atoms with van der Waals surface area (Å²) in [6.07, 6.45) is 36.5. The lowest BCUT2D eigenvalue weighted by Gasteiger charge is -2.18. The molecule has 0 aliphatic carbocycles. The molecule has 0 fully saturated rings. The number of carbonyl (C=O) groups is 2. The van der Waals surface area contributed by atoms with Gasteiger partial charge in [-0.1, -0.05) is 128 Å². The van der Waals surface area contributed by atoms with E-state index in [0.29, 0.717) is 32.7 Å². The molecule has 0 spiro atoms. The van der Waals surface area contributed by atoms with Crippen molar-refractivity contribution in [2.45, 2.75) is 187 Å². The second kappa shape index (κ2) is 38.3. The molecule has 0 amide bonds. The fourth-order valence-corrected chi connectivity index (χ4v) is 5.45. The zero-order valence-electron chi connectivity index (χ0n) is 29.8. The monoisotopic (exact) mass is 711 g/mol. The predicted molar refractivity (Wildman–Crippen MR) is 197 cm³/mol. The van der Waals surface area contributed by atoms with Crippen LogP contribution >= 0.6 is 16.3 Å². The summed E-state index contributed by atoms with van der Waals surface area (Å²) >= 11 is 3.01. The number of halogens is 1. The smallest absolute Gasteiger partial charge is 0.306 e. The molecule has 0 saturated heterocycles. The van der Waals surface area contributed by atoms with Gasteiger partial charge in [0.2, 0.25) is 0 Å². The standard InChI is InChI=1S/C38H69BBrO6/c1-3-5-7-9-11-19-25-33-43-37(41)30-23-17-13-15-21-28-36(46-39-32-27-35-45-40)29-22-16-14-18-24-31-38(42)44-34-26-20-12-10-8-6-4-2/h19-20,25-26,36H,3-18,21-24,27-35H2,1-2H3/b25-19+,26-20+. The van der Waals surface area contributed by atoms with Crippen molar-refractivity contribution < 1.29 is 27.5 Å². The largest absolute Gasteiger partial charge is 0.461 e. The number of esters is 2. The Labute approximate surface area is 293 Å². The van der Waals surface area contributed by atoms with Gasteiger partial charge in [0.1, 0.15) is 13.2 Å². The summed E-state index contributed by atoms with van der Waals surface area (Å²) in [5, 5.41) is 0. The van der Waals surface area contributed by atoms with Crippen LogP contribution in [0.15, 0.2) is 24.3 Å². The van der Waals surface area contributed by atoms with E-state index in [2.05, 4.69) is 42.3 Å². The second-order valence-corrected chi connectivity index (χ2v) is 13.0. The number of rotatable bonds is 36. The molecule has 0 aliphatic heterocycles. The second-order valence-electron chi connectivity index (χ2n) is 12.5. The summed E-state index contributed by atoms with van der Waals surface area (Å²) in [7, 11) is 1.96. The minimum absolute atomic E-state index is 0.0823. The van der Waals surface area contributed by atoms with Crippen molar-refractivity contribution in [3.63, 3.8) is 0 Å². The van der Waals surface area contributed by atoms with Crippen LogP contribution in [0.4, 0.5) is 0 Å². The first-order valence-electron chi connectivity index (χ1n) is 19.0. The molecule has 0 aliphatic rings. The Bertz CT molecular complexity index is 665. The fraction of sp³-hybridized carbons (Fsp3) is 0.842. The molecule has 0 heterocycles.